The number of likely N-dealkylation sites (tertiary alicyclic amines) is 1. The largest absolute Gasteiger partial charge is 0.493 e. The highest BCUT2D eigenvalue weighted by atomic mass is 32.2. The molecule has 2 aliphatic carbocycles. The Morgan fingerprint density at radius 1 is 1.12 bits per heavy atom. The number of aryl methyl sites for hydroxylation is 1. The number of nitrogens with zero attached hydrogens (tertiary/aromatic N) is 2. The number of amides is 2. The first kappa shape index (κ1) is 30.7. The lowest BCUT2D eigenvalue weighted by atomic mass is 10.0. The third-order valence-corrected chi connectivity index (χ3v) is 10.7. The summed E-state index contributed by atoms with van der Waals surface area (Å²) in [5.74, 6) is -4.45. The Kier molecular flexibility index (Phi) is 7.48. The van der Waals surface area contributed by atoms with Crippen LogP contribution in [0.2, 0.25) is 0 Å². The SMILES string of the molecule is CCOc1cc(F)c(F)cc1-c1ccc(S(=O)(=O)C2CC(C(=O)NC3(C#N)CC3)N(C(=O)C3(C(F)(F)F)CC3)C2)c(C)c1. The summed E-state index contributed by atoms with van der Waals surface area (Å²) in [4.78, 5) is 26.9. The molecule has 2 unspecified atom stereocenters. The van der Waals surface area contributed by atoms with Gasteiger partial charge in [-0.2, -0.15) is 18.4 Å². The molecule has 0 bridgehead atoms. The van der Waals surface area contributed by atoms with Crippen LogP contribution in [0.1, 0.15) is 44.6 Å². The van der Waals surface area contributed by atoms with Crippen LogP contribution in [0.15, 0.2) is 35.2 Å². The summed E-state index contributed by atoms with van der Waals surface area (Å²) in [5, 5.41) is 10.4. The van der Waals surface area contributed by atoms with Gasteiger partial charge in [-0.1, -0.05) is 12.1 Å². The van der Waals surface area contributed by atoms with Gasteiger partial charge >= 0.3 is 6.18 Å². The van der Waals surface area contributed by atoms with E-state index in [2.05, 4.69) is 5.32 Å². The van der Waals surface area contributed by atoms with Crippen LogP contribution in [-0.2, 0) is 19.4 Å². The Morgan fingerprint density at radius 3 is 2.30 bits per heavy atom. The number of nitrogens with one attached hydrogen (secondary N) is 1. The molecule has 2 amide bonds. The van der Waals surface area contributed by atoms with Crippen LogP contribution in [0.4, 0.5) is 22.0 Å². The molecule has 2 aromatic carbocycles. The van der Waals surface area contributed by atoms with Crippen LogP contribution in [0, 0.1) is 35.3 Å². The van der Waals surface area contributed by atoms with E-state index in [0.717, 1.165) is 12.1 Å². The summed E-state index contributed by atoms with van der Waals surface area (Å²) in [7, 11) is -4.32. The van der Waals surface area contributed by atoms with Crippen molar-refractivity contribution in [2.24, 2.45) is 5.41 Å². The third kappa shape index (κ3) is 5.32. The van der Waals surface area contributed by atoms with Gasteiger partial charge in [-0.3, -0.25) is 9.59 Å². The number of alkyl halides is 3. The van der Waals surface area contributed by atoms with Gasteiger partial charge in [0.05, 0.1) is 22.8 Å². The first-order valence-electron chi connectivity index (χ1n) is 13.7. The third-order valence-electron chi connectivity index (χ3n) is 8.41. The molecule has 230 valence electrons. The number of rotatable bonds is 8. The number of benzene rings is 2. The molecule has 0 aromatic heterocycles. The summed E-state index contributed by atoms with van der Waals surface area (Å²) in [6.07, 6.45) is -5.60. The highest BCUT2D eigenvalue weighted by Crippen LogP contribution is 2.59. The van der Waals surface area contributed by atoms with Gasteiger partial charge < -0.3 is 15.0 Å². The van der Waals surface area contributed by atoms with Gasteiger partial charge in [0.25, 0.3) is 0 Å². The average molecular weight is 626 g/mol. The van der Waals surface area contributed by atoms with E-state index in [1.54, 1.807) is 6.92 Å². The Balaban J connectivity index is 1.47. The fourth-order valence-corrected chi connectivity index (χ4v) is 7.48. The van der Waals surface area contributed by atoms with Gasteiger partial charge in [0.15, 0.2) is 21.5 Å². The highest BCUT2D eigenvalue weighted by molar-refractivity contribution is 7.92. The zero-order valence-electron chi connectivity index (χ0n) is 23.2. The predicted octanol–water partition coefficient (Wildman–Crippen LogP) is 4.60. The molecule has 1 aliphatic heterocycles. The molecule has 14 heteroatoms. The molecule has 2 atom stereocenters. The summed E-state index contributed by atoms with van der Waals surface area (Å²) in [5.41, 5.74) is -3.15. The molecule has 1 saturated heterocycles. The maximum Gasteiger partial charge on any atom is 0.403 e. The minimum Gasteiger partial charge on any atom is -0.493 e. The molecule has 1 N–H and O–H groups in total. The molecular weight excluding hydrogens is 597 g/mol. The number of ether oxygens (including phenoxy) is 1. The van der Waals surface area contributed by atoms with E-state index >= 15 is 0 Å². The van der Waals surface area contributed by atoms with Gasteiger partial charge in [-0.05, 0) is 69.2 Å². The van der Waals surface area contributed by atoms with Crippen molar-refractivity contribution in [3.63, 3.8) is 0 Å². The van der Waals surface area contributed by atoms with Crippen LogP contribution in [0.25, 0.3) is 11.1 Å². The molecule has 3 aliphatic rings. The Hall–Kier alpha value is -3.73. The summed E-state index contributed by atoms with van der Waals surface area (Å²) < 4.78 is 103. The second kappa shape index (κ2) is 10.5. The van der Waals surface area contributed by atoms with Crippen molar-refractivity contribution in [1.29, 1.82) is 5.26 Å². The maximum absolute atomic E-state index is 14.1. The fraction of sp³-hybridized carbons (Fsp3) is 0.483. The molecule has 2 aromatic rings. The summed E-state index contributed by atoms with van der Waals surface area (Å²) in [6.45, 7) is 2.63. The van der Waals surface area contributed by atoms with Gasteiger partial charge in [0.2, 0.25) is 11.8 Å². The highest BCUT2D eigenvalue weighted by Gasteiger charge is 2.70. The van der Waals surface area contributed by atoms with Crippen molar-refractivity contribution in [1.82, 2.24) is 10.2 Å². The maximum atomic E-state index is 14.1. The Bertz CT molecular complexity index is 1640. The quantitative estimate of drug-likeness (QED) is 0.429. The lowest BCUT2D eigenvalue weighted by molar-refractivity contribution is -0.199. The molecule has 0 radical (unpaired) electrons. The molecule has 3 fully saturated rings. The minimum absolute atomic E-state index is 0.0414. The van der Waals surface area contributed by atoms with E-state index in [1.807, 2.05) is 6.07 Å². The number of halogens is 5. The van der Waals surface area contributed by atoms with Crippen molar-refractivity contribution < 1.29 is 44.7 Å². The Morgan fingerprint density at radius 2 is 1.77 bits per heavy atom. The zero-order valence-corrected chi connectivity index (χ0v) is 24.0. The van der Waals surface area contributed by atoms with E-state index in [4.69, 9.17) is 4.74 Å². The number of carbonyl (C=O) groups excluding carboxylic acids is 2. The van der Waals surface area contributed by atoms with Gasteiger partial charge in [-0.25, -0.2) is 17.2 Å². The van der Waals surface area contributed by atoms with Crippen LogP contribution in [-0.4, -0.2) is 61.3 Å². The molecule has 8 nitrogen and oxygen atoms in total. The standard InChI is InChI=1S/C29H28F5N3O5S/c1-3-42-23-13-21(31)20(30)12-19(23)17-4-5-24(16(2)10-17)43(40,41)18-11-22(25(38)36-27(15-35)6-7-27)37(14-18)26(39)28(8-9-28)29(32,33)34/h4-5,10,12-13,18,22H,3,6-9,11,14H2,1-2H3,(H,36,38). The van der Waals surface area contributed by atoms with Crippen LogP contribution >= 0.6 is 0 Å². The lowest BCUT2D eigenvalue weighted by Gasteiger charge is -2.29. The predicted molar refractivity (Wildman–Crippen MR) is 142 cm³/mol. The zero-order chi connectivity index (χ0) is 31.5. The van der Waals surface area contributed by atoms with Gasteiger partial charge in [0, 0.05) is 18.2 Å². The second-order valence-electron chi connectivity index (χ2n) is 11.3. The smallest absolute Gasteiger partial charge is 0.403 e. The Labute approximate surface area is 244 Å². The molecular formula is C29H28F5N3O5S. The number of hydrogen-bond donors (Lipinski definition) is 1. The molecule has 1 heterocycles. The van der Waals surface area contributed by atoms with Crippen molar-refractivity contribution in [2.75, 3.05) is 13.2 Å². The lowest BCUT2D eigenvalue weighted by Crippen LogP contribution is -2.53. The number of hydrogen-bond acceptors (Lipinski definition) is 6. The normalized spacial score (nSPS) is 22.0. The average Bonchev–Trinajstić information content (AvgIpc) is 3.86. The summed E-state index contributed by atoms with van der Waals surface area (Å²) in [6, 6.07) is 6.26. The van der Waals surface area contributed by atoms with Gasteiger partial charge in [0.1, 0.15) is 22.7 Å². The first-order chi connectivity index (χ1) is 20.1. The monoisotopic (exact) mass is 625 g/mol. The second-order valence-corrected chi connectivity index (χ2v) is 13.5. The van der Waals surface area contributed by atoms with E-state index in [-0.39, 0.29) is 28.4 Å². The van der Waals surface area contributed by atoms with Crippen molar-refractivity contribution in [2.45, 2.75) is 73.9 Å². The number of sulfone groups is 1. The van der Waals surface area contributed by atoms with E-state index < -0.39 is 87.5 Å². The molecule has 5 rings (SSSR count). The van der Waals surface area contributed by atoms with Crippen molar-refractivity contribution in [3.05, 3.63) is 47.5 Å². The molecule has 2 saturated carbocycles. The first-order valence-corrected chi connectivity index (χ1v) is 15.2. The topological polar surface area (TPSA) is 117 Å². The van der Waals surface area contributed by atoms with E-state index in [0.29, 0.717) is 23.3 Å². The molecule has 43 heavy (non-hydrogen) atoms. The number of carbonyl (C=O) groups is 2. The van der Waals surface area contributed by atoms with E-state index in [9.17, 15) is 45.2 Å². The van der Waals surface area contributed by atoms with Crippen LogP contribution in [0.5, 0.6) is 5.75 Å². The molecule has 0 spiro atoms. The van der Waals surface area contributed by atoms with Crippen LogP contribution in [0.3, 0.4) is 0 Å². The van der Waals surface area contributed by atoms with Gasteiger partial charge in [-0.15, -0.1) is 0 Å². The minimum atomic E-state index is -4.88. The van der Waals surface area contributed by atoms with Crippen LogP contribution < -0.4 is 10.1 Å². The van der Waals surface area contributed by atoms with Crippen molar-refractivity contribution in [3.8, 4) is 22.9 Å². The summed E-state index contributed by atoms with van der Waals surface area (Å²) >= 11 is 0. The number of nitriles is 1. The van der Waals surface area contributed by atoms with Crippen molar-refractivity contribution >= 4 is 21.7 Å². The van der Waals surface area contributed by atoms with E-state index in [1.165, 1.54) is 25.1 Å². The fourth-order valence-electron chi connectivity index (χ4n) is 5.57.